The monoisotopic (exact) mass is 242 g/mol. The fraction of sp³-hybridized carbons (Fsp3) is 1.00. The second kappa shape index (κ2) is 9.83. The molecule has 102 valence electrons. The van der Waals surface area contributed by atoms with Gasteiger partial charge in [0.05, 0.1) is 0 Å². The van der Waals surface area contributed by atoms with E-state index in [1.54, 1.807) is 0 Å². The van der Waals surface area contributed by atoms with Crippen LogP contribution in [0.15, 0.2) is 0 Å². The van der Waals surface area contributed by atoms with Gasteiger partial charge in [-0.2, -0.15) is 0 Å². The minimum Gasteiger partial charge on any atom is -0.317 e. The Morgan fingerprint density at radius 2 is 1.53 bits per heavy atom. The van der Waals surface area contributed by atoms with E-state index >= 15 is 0 Å². The summed E-state index contributed by atoms with van der Waals surface area (Å²) in [6.45, 7) is 12.9. The normalized spacial score (nSPS) is 18.7. The maximum atomic E-state index is 3.54. The predicted molar refractivity (Wildman–Crippen MR) is 74.6 cm³/mol. The van der Waals surface area contributed by atoms with Crippen molar-refractivity contribution >= 4 is 0 Å². The molecule has 0 amide bonds. The molecule has 0 aromatic heterocycles. The topological polar surface area (TPSA) is 30.5 Å². The molecule has 1 heterocycles. The van der Waals surface area contributed by atoms with Crippen molar-refractivity contribution in [2.45, 2.75) is 19.8 Å². The van der Waals surface area contributed by atoms with Gasteiger partial charge in [0.2, 0.25) is 0 Å². The van der Waals surface area contributed by atoms with Crippen LogP contribution in [0, 0.1) is 0 Å². The van der Waals surface area contributed by atoms with Crippen molar-refractivity contribution in [2.75, 3.05) is 66.0 Å². The zero-order valence-electron chi connectivity index (χ0n) is 11.7. The first-order valence-corrected chi connectivity index (χ1v) is 7.15. The molecule has 1 aliphatic rings. The molecule has 0 atom stereocenters. The van der Waals surface area contributed by atoms with E-state index in [1.165, 1.54) is 52.1 Å². The summed E-state index contributed by atoms with van der Waals surface area (Å²) < 4.78 is 0. The van der Waals surface area contributed by atoms with Gasteiger partial charge in [0.1, 0.15) is 0 Å². The zero-order chi connectivity index (χ0) is 12.3. The van der Waals surface area contributed by atoms with E-state index in [0.29, 0.717) is 0 Å². The van der Waals surface area contributed by atoms with Crippen molar-refractivity contribution in [3.8, 4) is 0 Å². The van der Waals surface area contributed by atoms with Crippen molar-refractivity contribution in [1.29, 1.82) is 0 Å². The van der Waals surface area contributed by atoms with Gasteiger partial charge < -0.3 is 15.5 Å². The maximum Gasteiger partial charge on any atom is 0.0110 e. The van der Waals surface area contributed by atoms with Gasteiger partial charge in [0, 0.05) is 39.3 Å². The van der Waals surface area contributed by atoms with Gasteiger partial charge in [-0.1, -0.05) is 6.92 Å². The molecular formula is C13H30N4. The van der Waals surface area contributed by atoms with Crippen LogP contribution in [-0.4, -0.2) is 75.8 Å². The van der Waals surface area contributed by atoms with E-state index in [1.807, 2.05) is 0 Å². The molecule has 17 heavy (non-hydrogen) atoms. The quantitative estimate of drug-likeness (QED) is 0.566. The number of nitrogens with one attached hydrogen (secondary N) is 2. The summed E-state index contributed by atoms with van der Waals surface area (Å²) >= 11 is 0. The number of hydrogen-bond donors (Lipinski definition) is 2. The summed E-state index contributed by atoms with van der Waals surface area (Å²) in [5, 5.41) is 6.89. The van der Waals surface area contributed by atoms with Crippen molar-refractivity contribution in [1.82, 2.24) is 20.4 Å². The third-order valence-corrected chi connectivity index (χ3v) is 3.41. The van der Waals surface area contributed by atoms with Gasteiger partial charge in [-0.05, 0) is 39.5 Å². The van der Waals surface area contributed by atoms with Crippen LogP contribution in [0.4, 0.5) is 0 Å². The molecule has 0 aromatic carbocycles. The summed E-state index contributed by atoms with van der Waals surface area (Å²) in [7, 11) is 2.21. The lowest BCUT2D eigenvalue weighted by molar-refractivity contribution is 0.155. The average molecular weight is 242 g/mol. The van der Waals surface area contributed by atoms with Crippen LogP contribution < -0.4 is 10.6 Å². The molecule has 0 radical (unpaired) electrons. The summed E-state index contributed by atoms with van der Waals surface area (Å²) in [4.78, 5) is 4.97. The van der Waals surface area contributed by atoms with Gasteiger partial charge in [0.15, 0.2) is 0 Å². The van der Waals surface area contributed by atoms with E-state index in [2.05, 4.69) is 34.4 Å². The zero-order valence-corrected chi connectivity index (χ0v) is 11.7. The average Bonchev–Trinajstić information content (AvgIpc) is 2.35. The van der Waals surface area contributed by atoms with Gasteiger partial charge in [-0.3, -0.25) is 4.90 Å². The van der Waals surface area contributed by atoms with Crippen LogP contribution in [0.25, 0.3) is 0 Å². The highest BCUT2D eigenvalue weighted by atomic mass is 15.2. The summed E-state index contributed by atoms with van der Waals surface area (Å²) in [6.07, 6.45) is 2.57. The standard InChI is InChI=1S/C13H30N4/c1-3-14-6-4-5-7-15-8-9-17-12-10-16(2)11-13-17/h14-15H,3-13H2,1-2H3. The van der Waals surface area contributed by atoms with Crippen LogP contribution in [-0.2, 0) is 0 Å². The molecule has 0 saturated carbocycles. The van der Waals surface area contributed by atoms with Crippen LogP contribution >= 0.6 is 0 Å². The van der Waals surface area contributed by atoms with Crippen molar-refractivity contribution in [3.05, 3.63) is 0 Å². The minimum atomic E-state index is 1.09. The van der Waals surface area contributed by atoms with Gasteiger partial charge in [0.25, 0.3) is 0 Å². The van der Waals surface area contributed by atoms with Gasteiger partial charge in [-0.15, -0.1) is 0 Å². The Bertz CT molecular complexity index is 167. The molecule has 1 rings (SSSR count). The Morgan fingerprint density at radius 1 is 0.882 bits per heavy atom. The molecular weight excluding hydrogens is 212 g/mol. The Hall–Kier alpha value is -0.160. The lowest BCUT2D eigenvalue weighted by Crippen LogP contribution is -2.46. The maximum absolute atomic E-state index is 3.54. The van der Waals surface area contributed by atoms with Gasteiger partial charge in [-0.25, -0.2) is 0 Å². The lowest BCUT2D eigenvalue weighted by Gasteiger charge is -2.32. The summed E-state index contributed by atoms with van der Waals surface area (Å²) in [6, 6.07) is 0. The lowest BCUT2D eigenvalue weighted by atomic mass is 10.3. The van der Waals surface area contributed by atoms with E-state index in [-0.39, 0.29) is 0 Å². The molecule has 1 fully saturated rings. The van der Waals surface area contributed by atoms with Crippen LogP contribution in [0.5, 0.6) is 0 Å². The van der Waals surface area contributed by atoms with Crippen molar-refractivity contribution in [2.24, 2.45) is 0 Å². The molecule has 4 nitrogen and oxygen atoms in total. The highest BCUT2D eigenvalue weighted by Crippen LogP contribution is 1.97. The highest BCUT2D eigenvalue weighted by molar-refractivity contribution is 4.69. The summed E-state index contributed by atoms with van der Waals surface area (Å²) in [5.41, 5.74) is 0. The molecule has 0 aromatic rings. The smallest absolute Gasteiger partial charge is 0.0110 e. The first-order chi connectivity index (χ1) is 8.33. The number of likely N-dealkylation sites (N-methyl/N-ethyl adjacent to an activating group) is 1. The molecule has 4 heteroatoms. The van der Waals surface area contributed by atoms with Crippen molar-refractivity contribution < 1.29 is 0 Å². The number of rotatable bonds is 9. The number of piperazine rings is 1. The predicted octanol–water partition coefficient (Wildman–Crippen LogP) is 0.213. The number of nitrogens with zero attached hydrogens (tertiary/aromatic N) is 2. The second-order valence-electron chi connectivity index (χ2n) is 4.96. The Labute approximate surface area is 107 Å². The van der Waals surface area contributed by atoms with E-state index < -0.39 is 0 Å². The van der Waals surface area contributed by atoms with E-state index in [4.69, 9.17) is 0 Å². The van der Waals surface area contributed by atoms with E-state index in [9.17, 15) is 0 Å². The SMILES string of the molecule is CCNCCCCNCCN1CCN(C)CC1. The van der Waals surface area contributed by atoms with Crippen LogP contribution in [0.2, 0.25) is 0 Å². The molecule has 1 saturated heterocycles. The molecule has 2 N–H and O–H groups in total. The first-order valence-electron chi connectivity index (χ1n) is 7.15. The molecule has 0 bridgehead atoms. The van der Waals surface area contributed by atoms with Gasteiger partial charge >= 0.3 is 0 Å². The largest absolute Gasteiger partial charge is 0.317 e. The fourth-order valence-electron chi connectivity index (χ4n) is 2.11. The summed E-state index contributed by atoms with van der Waals surface area (Å²) in [5.74, 6) is 0. The Kier molecular flexibility index (Phi) is 8.61. The Morgan fingerprint density at radius 3 is 2.18 bits per heavy atom. The molecule has 1 aliphatic heterocycles. The van der Waals surface area contributed by atoms with Crippen molar-refractivity contribution in [3.63, 3.8) is 0 Å². The first kappa shape index (κ1) is 14.9. The fourth-order valence-corrected chi connectivity index (χ4v) is 2.11. The molecule has 0 aliphatic carbocycles. The minimum absolute atomic E-state index is 1.09. The highest BCUT2D eigenvalue weighted by Gasteiger charge is 2.12. The molecule has 0 unspecified atom stereocenters. The number of unbranched alkanes of at least 4 members (excludes halogenated alkanes) is 1. The molecule has 0 spiro atoms. The Balaban J connectivity index is 1.81. The van der Waals surface area contributed by atoms with Crippen LogP contribution in [0.3, 0.4) is 0 Å². The van der Waals surface area contributed by atoms with Crippen LogP contribution in [0.1, 0.15) is 19.8 Å². The third-order valence-electron chi connectivity index (χ3n) is 3.41. The number of hydrogen-bond acceptors (Lipinski definition) is 4. The second-order valence-corrected chi connectivity index (χ2v) is 4.96. The third kappa shape index (κ3) is 7.71. The van der Waals surface area contributed by atoms with E-state index in [0.717, 1.165) is 19.6 Å².